The Balaban J connectivity index is 2.09. The third-order valence-electron chi connectivity index (χ3n) is 3.93. The molecule has 0 bridgehead atoms. The normalized spacial score (nSPS) is 10.4. The lowest BCUT2D eigenvalue weighted by molar-refractivity contribution is 0.327. The van der Waals surface area contributed by atoms with Crippen LogP contribution in [0, 0.1) is 0 Å². The van der Waals surface area contributed by atoms with Crippen LogP contribution in [0.15, 0.2) is 60.7 Å². The Kier molecular flexibility index (Phi) is 5.19. The first-order valence-electron chi connectivity index (χ1n) is 8.18. The quantitative estimate of drug-likeness (QED) is 0.647. The highest BCUT2D eigenvalue weighted by atomic mass is 16.5. The van der Waals surface area contributed by atoms with Crippen LogP contribution < -0.4 is 14.2 Å². The van der Waals surface area contributed by atoms with Crippen LogP contribution in [-0.4, -0.2) is 25.8 Å². The molecule has 4 heteroatoms. The van der Waals surface area contributed by atoms with Gasteiger partial charge in [0.1, 0.15) is 11.5 Å². The summed E-state index contributed by atoms with van der Waals surface area (Å²) in [5.74, 6) is 2.26. The molecule has 0 fully saturated rings. The Morgan fingerprint density at radius 2 is 1.28 bits per heavy atom. The second-order valence-corrected chi connectivity index (χ2v) is 5.44. The summed E-state index contributed by atoms with van der Waals surface area (Å²) in [6, 6.07) is 19.8. The topological polar surface area (TPSA) is 40.6 Å². The maximum atomic E-state index is 5.58. The Bertz CT molecular complexity index is 827. The van der Waals surface area contributed by atoms with E-state index < -0.39 is 0 Å². The molecule has 0 aliphatic carbocycles. The molecule has 0 N–H and O–H groups in total. The van der Waals surface area contributed by atoms with Crippen molar-refractivity contribution >= 4 is 0 Å². The molecule has 1 heterocycles. The molecule has 0 atom stereocenters. The van der Waals surface area contributed by atoms with E-state index in [-0.39, 0.29) is 0 Å². The fourth-order valence-electron chi connectivity index (χ4n) is 2.64. The average molecular weight is 335 g/mol. The highest BCUT2D eigenvalue weighted by Gasteiger charge is 2.11. The SMILES string of the molecule is CCOc1ccc(-c2ccc(OC)cc2)c(-c2ccc(OC)cc2)n1. The van der Waals surface area contributed by atoms with Gasteiger partial charge in [0.05, 0.1) is 26.5 Å². The first-order valence-corrected chi connectivity index (χ1v) is 8.18. The van der Waals surface area contributed by atoms with E-state index in [9.17, 15) is 0 Å². The van der Waals surface area contributed by atoms with Crippen LogP contribution in [0.3, 0.4) is 0 Å². The molecule has 0 amide bonds. The molecule has 0 radical (unpaired) electrons. The van der Waals surface area contributed by atoms with Gasteiger partial charge in [-0.1, -0.05) is 12.1 Å². The van der Waals surface area contributed by atoms with Gasteiger partial charge >= 0.3 is 0 Å². The van der Waals surface area contributed by atoms with Gasteiger partial charge in [-0.15, -0.1) is 0 Å². The zero-order valence-electron chi connectivity index (χ0n) is 14.7. The van der Waals surface area contributed by atoms with Crippen molar-refractivity contribution in [2.45, 2.75) is 6.92 Å². The van der Waals surface area contributed by atoms with Gasteiger partial charge < -0.3 is 14.2 Å². The largest absolute Gasteiger partial charge is 0.497 e. The van der Waals surface area contributed by atoms with Gasteiger partial charge in [0.25, 0.3) is 0 Å². The van der Waals surface area contributed by atoms with Gasteiger partial charge in [-0.25, -0.2) is 4.98 Å². The number of pyridine rings is 1. The van der Waals surface area contributed by atoms with E-state index in [4.69, 9.17) is 19.2 Å². The first-order chi connectivity index (χ1) is 12.2. The number of methoxy groups -OCH3 is 2. The second-order valence-electron chi connectivity index (χ2n) is 5.44. The number of rotatable bonds is 6. The van der Waals surface area contributed by atoms with E-state index >= 15 is 0 Å². The summed E-state index contributed by atoms with van der Waals surface area (Å²) in [6.07, 6.45) is 0. The van der Waals surface area contributed by atoms with E-state index in [0.29, 0.717) is 12.5 Å². The molecule has 0 unspecified atom stereocenters. The van der Waals surface area contributed by atoms with Gasteiger partial charge in [-0.2, -0.15) is 0 Å². The number of hydrogen-bond donors (Lipinski definition) is 0. The summed E-state index contributed by atoms with van der Waals surface area (Å²) in [7, 11) is 3.32. The summed E-state index contributed by atoms with van der Waals surface area (Å²) in [5.41, 5.74) is 3.99. The molecule has 3 aromatic rings. The van der Waals surface area contributed by atoms with E-state index in [1.54, 1.807) is 14.2 Å². The minimum atomic E-state index is 0.580. The van der Waals surface area contributed by atoms with Gasteiger partial charge in [0.15, 0.2) is 0 Å². The van der Waals surface area contributed by atoms with Crippen LogP contribution in [0.4, 0.5) is 0 Å². The van der Waals surface area contributed by atoms with Crippen molar-refractivity contribution in [2.75, 3.05) is 20.8 Å². The molecular formula is C21H21NO3. The highest BCUT2D eigenvalue weighted by molar-refractivity contribution is 5.81. The van der Waals surface area contributed by atoms with Gasteiger partial charge in [0.2, 0.25) is 5.88 Å². The predicted molar refractivity (Wildman–Crippen MR) is 99.4 cm³/mol. The monoisotopic (exact) mass is 335 g/mol. The Hall–Kier alpha value is -3.01. The van der Waals surface area contributed by atoms with Crippen molar-refractivity contribution in [3.05, 3.63) is 60.7 Å². The molecule has 128 valence electrons. The van der Waals surface area contributed by atoms with Crippen molar-refractivity contribution in [2.24, 2.45) is 0 Å². The molecule has 0 saturated carbocycles. The van der Waals surface area contributed by atoms with Crippen LogP contribution in [0.5, 0.6) is 17.4 Å². The Morgan fingerprint density at radius 3 is 1.80 bits per heavy atom. The standard InChI is InChI=1S/C21H21NO3/c1-4-25-20-14-13-19(15-5-9-17(23-2)10-6-15)21(22-20)16-7-11-18(24-3)12-8-16/h5-14H,4H2,1-3H3. The predicted octanol–water partition coefficient (Wildman–Crippen LogP) is 4.83. The maximum absolute atomic E-state index is 5.58. The molecule has 3 rings (SSSR count). The molecule has 0 saturated heterocycles. The Morgan fingerprint density at radius 1 is 0.720 bits per heavy atom. The van der Waals surface area contributed by atoms with Gasteiger partial charge in [0, 0.05) is 17.2 Å². The fraction of sp³-hybridized carbons (Fsp3) is 0.190. The third-order valence-corrected chi connectivity index (χ3v) is 3.93. The second kappa shape index (κ2) is 7.71. The molecular weight excluding hydrogens is 314 g/mol. The fourth-order valence-corrected chi connectivity index (χ4v) is 2.64. The minimum Gasteiger partial charge on any atom is -0.497 e. The molecule has 0 aliphatic heterocycles. The molecule has 0 aliphatic rings. The summed E-state index contributed by atoms with van der Waals surface area (Å²) in [4.78, 5) is 4.71. The average Bonchev–Trinajstić information content (AvgIpc) is 2.68. The number of hydrogen-bond acceptors (Lipinski definition) is 4. The Labute approximate surface area is 148 Å². The van der Waals surface area contributed by atoms with E-state index in [2.05, 4.69) is 0 Å². The lowest BCUT2D eigenvalue weighted by Crippen LogP contribution is -1.97. The lowest BCUT2D eigenvalue weighted by Gasteiger charge is -2.12. The van der Waals surface area contributed by atoms with Crippen LogP contribution in [-0.2, 0) is 0 Å². The van der Waals surface area contributed by atoms with E-state index in [0.717, 1.165) is 33.9 Å². The summed E-state index contributed by atoms with van der Waals surface area (Å²) in [6.45, 7) is 2.53. The molecule has 4 nitrogen and oxygen atoms in total. The van der Waals surface area contributed by atoms with E-state index in [1.165, 1.54) is 0 Å². The van der Waals surface area contributed by atoms with Crippen LogP contribution in [0.2, 0.25) is 0 Å². The zero-order chi connectivity index (χ0) is 17.6. The number of aromatic nitrogens is 1. The highest BCUT2D eigenvalue weighted by Crippen LogP contribution is 2.34. The van der Waals surface area contributed by atoms with Gasteiger partial charge in [-0.05, 0) is 55.0 Å². The van der Waals surface area contributed by atoms with Crippen molar-refractivity contribution in [3.63, 3.8) is 0 Å². The summed E-state index contributed by atoms with van der Waals surface area (Å²) in [5, 5.41) is 0. The van der Waals surface area contributed by atoms with Crippen molar-refractivity contribution in [3.8, 4) is 39.8 Å². The van der Waals surface area contributed by atoms with Crippen LogP contribution in [0.25, 0.3) is 22.4 Å². The van der Waals surface area contributed by atoms with Crippen molar-refractivity contribution in [1.82, 2.24) is 4.98 Å². The summed E-state index contributed by atoms with van der Waals surface area (Å²) < 4.78 is 16.1. The molecule has 0 spiro atoms. The zero-order valence-corrected chi connectivity index (χ0v) is 14.7. The lowest BCUT2D eigenvalue weighted by atomic mass is 9.99. The number of nitrogens with zero attached hydrogens (tertiary/aromatic N) is 1. The van der Waals surface area contributed by atoms with Gasteiger partial charge in [-0.3, -0.25) is 0 Å². The molecule has 2 aromatic carbocycles. The van der Waals surface area contributed by atoms with E-state index in [1.807, 2.05) is 67.6 Å². The summed E-state index contributed by atoms with van der Waals surface area (Å²) >= 11 is 0. The van der Waals surface area contributed by atoms with Crippen molar-refractivity contribution in [1.29, 1.82) is 0 Å². The smallest absolute Gasteiger partial charge is 0.213 e. The number of ether oxygens (including phenoxy) is 3. The molecule has 25 heavy (non-hydrogen) atoms. The van der Waals surface area contributed by atoms with Crippen LogP contribution in [0.1, 0.15) is 6.92 Å². The number of benzene rings is 2. The first kappa shape index (κ1) is 16.8. The minimum absolute atomic E-state index is 0.580. The maximum Gasteiger partial charge on any atom is 0.213 e. The molecule has 1 aromatic heterocycles. The third kappa shape index (κ3) is 3.74. The van der Waals surface area contributed by atoms with Crippen LogP contribution >= 0.6 is 0 Å². The van der Waals surface area contributed by atoms with Crippen molar-refractivity contribution < 1.29 is 14.2 Å².